The van der Waals surface area contributed by atoms with Crippen molar-refractivity contribution in [3.63, 3.8) is 0 Å². The summed E-state index contributed by atoms with van der Waals surface area (Å²) in [4.78, 5) is 0. The second kappa shape index (κ2) is 4.57. The van der Waals surface area contributed by atoms with Crippen LogP contribution in [0.15, 0.2) is 18.2 Å². The molecule has 0 radical (unpaired) electrons. The molecule has 0 aliphatic heterocycles. The van der Waals surface area contributed by atoms with E-state index in [4.69, 9.17) is 14.2 Å². The molecule has 0 aromatic heterocycles. The smallest absolute Gasteiger partial charge is 0.188 e. The van der Waals surface area contributed by atoms with Gasteiger partial charge in [-0.25, -0.2) is 0 Å². The molecule has 0 aliphatic rings. The van der Waals surface area contributed by atoms with E-state index in [0.29, 0.717) is 11.5 Å². The van der Waals surface area contributed by atoms with Crippen molar-refractivity contribution in [3.8, 4) is 17.2 Å². The van der Waals surface area contributed by atoms with Crippen LogP contribution < -0.4 is 9.47 Å². The molecule has 0 atom stereocenters. The van der Waals surface area contributed by atoms with Gasteiger partial charge in [0.25, 0.3) is 0 Å². The molecule has 0 unspecified atom stereocenters. The summed E-state index contributed by atoms with van der Waals surface area (Å²) in [5, 5.41) is 9.25. The molecule has 1 rings (SSSR count). The predicted octanol–water partition coefficient (Wildman–Crippen LogP) is 1.38. The Morgan fingerprint density at radius 3 is 2.69 bits per heavy atom. The number of aromatic hydroxyl groups is 1. The predicted molar refractivity (Wildman–Crippen MR) is 47.2 cm³/mol. The number of benzene rings is 1. The number of rotatable bonds is 4. The normalized spacial score (nSPS) is 9.69. The Morgan fingerprint density at radius 2 is 2.08 bits per heavy atom. The fourth-order valence-electron chi connectivity index (χ4n) is 0.875. The summed E-state index contributed by atoms with van der Waals surface area (Å²) < 4.78 is 14.8. The number of methoxy groups -OCH3 is 2. The zero-order chi connectivity index (χ0) is 9.68. The lowest BCUT2D eigenvalue weighted by Crippen LogP contribution is -1.98. The molecule has 0 amide bonds. The van der Waals surface area contributed by atoms with Crippen molar-refractivity contribution in [2.24, 2.45) is 0 Å². The lowest BCUT2D eigenvalue weighted by molar-refractivity contribution is 0.0509. The third-order valence-corrected chi connectivity index (χ3v) is 1.49. The van der Waals surface area contributed by atoms with Crippen molar-refractivity contribution < 1.29 is 19.3 Å². The maximum atomic E-state index is 9.25. The van der Waals surface area contributed by atoms with Gasteiger partial charge in [-0.2, -0.15) is 0 Å². The Bertz CT molecular complexity index is 272. The third kappa shape index (κ3) is 2.52. The number of hydrogen-bond acceptors (Lipinski definition) is 4. The van der Waals surface area contributed by atoms with Gasteiger partial charge >= 0.3 is 0 Å². The highest BCUT2D eigenvalue weighted by atomic mass is 16.7. The van der Waals surface area contributed by atoms with Crippen LogP contribution in [0.2, 0.25) is 0 Å². The number of hydrogen-bond donors (Lipinski definition) is 1. The van der Waals surface area contributed by atoms with Crippen molar-refractivity contribution >= 4 is 0 Å². The van der Waals surface area contributed by atoms with Crippen LogP contribution >= 0.6 is 0 Å². The Morgan fingerprint density at radius 1 is 1.31 bits per heavy atom. The minimum absolute atomic E-state index is 0.0901. The molecular formula is C9H12O4. The van der Waals surface area contributed by atoms with Crippen molar-refractivity contribution in [2.75, 3.05) is 21.0 Å². The van der Waals surface area contributed by atoms with Crippen LogP contribution in [0.4, 0.5) is 0 Å². The Balaban J connectivity index is 2.74. The maximum Gasteiger partial charge on any atom is 0.188 e. The number of phenolic OH excluding ortho intramolecular Hbond substituents is 1. The average molecular weight is 184 g/mol. The van der Waals surface area contributed by atoms with E-state index >= 15 is 0 Å². The first-order valence-electron chi connectivity index (χ1n) is 3.76. The Hall–Kier alpha value is -1.42. The second-order valence-corrected chi connectivity index (χ2v) is 2.38. The van der Waals surface area contributed by atoms with Gasteiger partial charge < -0.3 is 19.3 Å². The second-order valence-electron chi connectivity index (χ2n) is 2.38. The molecule has 4 nitrogen and oxygen atoms in total. The van der Waals surface area contributed by atoms with Crippen LogP contribution in [0.5, 0.6) is 17.2 Å². The van der Waals surface area contributed by atoms with E-state index in [-0.39, 0.29) is 12.5 Å². The zero-order valence-corrected chi connectivity index (χ0v) is 7.61. The highest BCUT2D eigenvalue weighted by Crippen LogP contribution is 2.29. The highest BCUT2D eigenvalue weighted by Gasteiger charge is 2.02. The van der Waals surface area contributed by atoms with E-state index in [1.165, 1.54) is 20.3 Å². The van der Waals surface area contributed by atoms with E-state index in [0.717, 1.165) is 0 Å². The SMILES string of the molecule is COCOc1ccc(O)c(OC)c1. The summed E-state index contributed by atoms with van der Waals surface area (Å²) in [5.41, 5.74) is 0. The molecule has 0 heterocycles. The van der Waals surface area contributed by atoms with Crippen molar-refractivity contribution in [2.45, 2.75) is 0 Å². The van der Waals surface area contributed by atoms with E-state index in [9.17, 15) is 5.11 Å². The van der Waals surface area contributed by atoms with Gasteiger partial charge in [0.15, 0.2) is 18.3 Å². The molecule has 72 valence electrons. The first-order valence-corrected chi connectivity index (χ1v) is 3.76. The fraction of sp³-hybridized carbons (Fsp3) is 0.333. The molecule has 1 aromatic carbocycles. The Kier molecular flexibility index (Phi) is 3.40. The first-order chi connectivity index (χ1) is 6.27. The molecular weight excluding hydrogens is 172 g/mol. The number of ether oxygens (including phenoxy) is 3. The van der Waals surface area contributed by atoms with Crippen LogP contribution in [0.25, 0.3) is 0 Å². The van der Waals surface area contributed by atoms with Gasteiger partial charge in [0, 0.05) is 13.2 Å². The zero-order valence-electron chi connectivity index (χ0n) is 7.61. The molecule has 1 aromatic rings. The Labute approximate surface area is 76.7 Å². The van der Waals surface area contributed by atoms with Gasteiger partial charge in [-0.3, -0.25) is 0 Å². The van der Waals surface area contributed by atoms with Gasteiger partial charge in [-0.15, -0.1) is 0 Å². The van der Waals surface area contributed by atoms with Crippen molar-refractivity contribution in [3.05, 3.63) is 18.2 Å². The van der Waals surface area contributed by atoms with Crippen LogP contribution in [0, 0.1) is 0 Å². The summed E-state index contributed by atoms with van der Waals surface area (Å²) in [6.45, 7) is 0.175. The van der Waals surface area contributed by atoms with Gasteiger partial charge in [-0.05, 0) is 12.1 Å². The average Bonchev–Trinajstić information content (AvgIpc) is 2.16. The summed E-state index contributed by atoms with van der Waals surface area (Å²) >= 11 is 0. The third-order valence-electron chi connectivity index (χ3n) is 1.49. The molecule has 0 spiro atoms. The summed E-state index contributed by atoms with van der Waals surface area (Å²) in [6.07, 6.45) is 0. The molecule has 0 bridgehead atoms. The standard InChI is InChI=1S/C9H12O4/c1-11-6-13-7-3-4-8(10)9(5-7)12-2/h3-5,10H,6H2,1-2H3. The minimum atomic E-state index is 0.0901. The van der Waals surface area contributed by atoms with Crippen LogP contribution in [0.1, 0.15) is 0 Å². The summed E-state index contributed by atoms with van der Waals surface area (Å²) in [7, 11) is 3.02. The van der Waals surface area contributed by atoms with Gasteiger partial charge in [0.1, 0.15) is 5.75 Å². The van der Waals surface area contributed by atoms with E-state index in [1.807, 2.05) is 0 Å². The van der Waals surface area contributed by atoms with E-state index in [2.05, 4.69) is 0 Å². The molecule has 0 aliphatic carbocycles. The van der Waals surface area contributed by atoms with Crippen LogP contribution in [-0.2, 0) is 4.74 Å². The molecule has 0 saturated heterocycles. The quantitative estimate of drug-likeness (QED) is 0.718. The molecule has 13 heavy (non-hydrogen) atoms. The van der Waals surface area contributed by atoms with Gasteiger partial charge in [0.05, 0.1) is 7.11 Å². The first kappa shape index (κ1) is 9.67. The highest BCUT2D eigenvalue weighted by molar-refractivity contribution is 5.44. The topological polar surface area (TPSA) is 47.9 Å². The van der Waals surface area contributed by atoms with Crippen molar-refractivity contribution in [1.29, 1.82) is 0 Å². The minimum Gasteiger partial charge on any atom is -0.504 e. The summed E-state index contributed by atoms with van der Waals surface area (Å²) in [5.74, 6) is 1.07. The van der Waals surface area contributed by atoms with Crippen molar-refractivity contribution in [1.82, 2.24) is 0 Å². The molecule has 0 fully saturated rings. The lowest BCUT2D eigenvalue weighted by atomic mass is 10.3. The molecule has 1 N–H and O–H groups in total. The summed E-state index contributed by atoms with van der Waals surface area (Å²) in [6, 6.07) is 4.73. The van der Waals surface area contributed by atoms with Crippen LogP contribution in [-0.4, -0.2) is 26.1 Å². The fourth-order valence-corrected chi connectivity index (χ4v) is 0.875. The lowest BCUT2D eigenvalue weighted by Gasteiger charge is -2.07. The van der Waals surface area contributed by atoms with Crippen LogP contribution in [0.3, 0.4) is 0 Å². The largest absolute Gasteiger partial charge is 0.504 e. The van der Waals surface area contributed by atoms with Gasteiger partial charge in [0.2, 0.25) is 0 Å². The number of phenols is 1. The maximum absolute atomic E-state index is 9.25. The van der Waals surface area contributed by atoms with E-state index < -0.39 is 0 Å². The van der Waals surface area contributed by atoms with Gasteiger partial charge in [-0.1, -0.05) is 0 Å². The van der Waals surface area contributed by atoms with E-state index in [1.54, 1.807) is 12.1 Å². The molecule has 4 heteroatoms. The molecule has 0 saturated carbocycles. The monoisotopic (exact) mass is 184 g/mol.